The van der Waals surface area contributed by atoms with E-state index < -0.39 is 23.8 Å². The number of imide groups is 1. The van der Waals surface area contributed by atoms with Crippen LogP contribution in [-0.2, 0) is 9.59 Å². The van der Waals surface area contributed by atoms with Crippen LogP contribution in [0.1, 0.15) is 76.9 Å². The second kappa shape index (κ2) is 10.5. The van der Waals surface area contributed by atoms with Crippen molar-refractivity contribution >= 4 is 41.3 Å². The zero-order valence-corrected chi connectivity index (χ0v) is 22.5. The number of nitrogens with two attached hydrogens (primary N) is 1. The van der Waals surface area contributed by atoms with Crippen molar-refractivity contribution in [3.05, 3.63) is 64.6 Å². The Hall–Kier alpha value is -4.05. The van der Waals surface area contributed by atoms with Gasteiger partial charge < -0.3 is 15.8 Å². The summed E-state index contributed by atoms with van der Waals surface area (Å²) < 4.78 is 2.07. The van der Waals surface area contributed by atoms with Crippen LogP contribution in [0.3, 0.4) is 0 Å². The molecule has 0 saturated heterocycles. The van der Waals surface area contributed by atoms with Gasteiger partial charge in [-0.05, 0) is 68.4 Å². The number of aldehydes is 1. The highest BCUT2D eigenvalue weighted by molar-refractivity contribution is 6.33. The molecule has 206 valence electrons. The van der Waals surface area contributed by atoms with E-state index in [0.29, 0.717) is 35.7 Å². The van der Waals surface area contributed by atoms with Crippen molar-refractivity contribution in [3.8, 4) is 11.3 Å². The molecule has 3 aliphatic rings. The molecule has 2 fully saturated rings. The average molecular weight is 561 g/mol. The summed E-state index contributed by atoms with van der Waals surface area (Å²) >= 11 is 6.44. The van der Waals surface area contributed by atoms with Crippen molar-refractivity contribution in [2.45, 2.75) is 56.5 Å². The summed E-state index contributed by atoms with van der Waals surface area (Å²) in [5, 5.41) is 8.96. The summed E-state index contributed by atoms with van der Waals surface area (Å²) in [5.41, 5.74) is 9.49. The Kier molecular flexibility index (Phi) is 6.87. The Bertz CT molecular complexity index is 1510. The molecule has 3 amide bonds. The minimum atomic E-state index is -1.15. The van der Waals surface area contributed by atoms with Crippen LogP contribution in [-0.4, -0.2) is 56.3 Å². The van der Waals surface area contributed by atoms with Gasteiger partial charge in [0.2, 0.25) is 5.91 Å². The highest BCUT2D eigenvalue weighted by Crippen LogP contribution is 2.46. The lowest BCUT2D eigenvalue weighted by molar-refractivity contribution is -0.122. The second-order valence-electron chi connectivity index (χ2n) is 10.8. The lowest BCUT2D eigenvalue weighted by Gasteiger charge is -2.35. The third-order valence-electron chi connectivity index (χ3n) is 8.03. The molecule has 0 bridgehead atoms. The van der Waals surface area contributed by atoms with Crippen molar-refractivity contribution in [2.75, 3.05) is 11.9 Å². The molecular formula is C29H29ClN6O4. The number of nitrogens with zero attached hydrogens (tertiary/aromatic N) is 4. The standard InChI is InChI=1S/C29H29ClN6O4/c30-23-3-1-9-32-26(23)22-15-35(34-25(22)17-5-6-17)19-11-16(12-19)14-33-18-7-8-20-21(13-18)29(40)36(28(20)39)24(27(31)38)4-2-10-37/h1,3,7-10,13,15-17,19,24,33H,2,4-6,11-12,14H2,(H2,31,38)/t16-,19-,24?. The summed E-state index contributed by atoms with van der Waals surface area (Å²) in [6.07, 6.45) is 8.70. The first-order chi connectivity index (χ1) is 19.4. The summed E-state index contributed by atoms with van der Waals surface area (Å²) in [7, 11) is 0. The van der Waals surface area contributed by atoms with Gasteiger partial charge in [0, 0.05) is 42.5 Å². The SMILES string of the molecule is NC(=O)C(CCC=O)N1C(=O)c2ccc(NC[C@H]3C[C@H](n4cc(-c5ncccc5Cl)c(C5CC5)n4)C3)cc2C1=O. The first-order valence-electron chi connectivity index (χ1n) is 13.5. The minimum absolute atomic E-state index is 0.00699. The molecule has 0 spiro atoms. The lowest BCUT2D eigenvalue weighted by atomic mass is 9.80. The van der Waals surface area contributed by atoms with Gasteiger partial charge in [-0.25, -0.2) is 0 Å². The Morgan fingerprint density at radius 2 is 1.93 bits per heavy atom. The van der Waals surface area contributed by atoms with E-state index in [1.807, 2.05) is 12.1 Å². The number of nitrogens with one attached hydrogen (secondary N) is 1. The largest absolute Gasteiger partial charge is 0.385 e. The number of hydrogen-bond acceptors (Lipinski definition) is 7. The number of rotatable bonds is 11. The van der Waals surface area contributed by atoms with Gasteiger partial charge in [-0.2, -0.15) is 5.10 Å². The zero-order valence-electron chi connectivity index (χ0n) is 21.8. The number of carbonyl (C=O) groups is 4. The maximum atomic E-state index is 13.0. The molecular weight excluding hydrogens is 532 g/mol. The van der Waals surface area contributed by atoms with E-state index >= 15 is 0 Å². The predicted molar refractivity (Wildman–Crippen MR) is 148 cm³/mol. The van der Waals surface area contributed by atoms with Gasteiger partial charge in [-0.1, -0.05) is 11.6 Å². The number of anilines is 1. The molecule has 1 unspecified atom stereocenters. The van der Waals surface area contributed by atoms with Crippen molar-refractivity contribution in [3.63, 3.8) is 0 Å². The summed E-state index contributed by atoms with van der Waals surface area (Å²) in [6, 6.07) is 7.81. The molecule has 11 heteroatoms. The van der Waals surface area contributed by atoms with Crippen LogP contribution in [0.4, 0.5) is 5.69 Å². The topological polar surface area (TPSA) is 140 Å². The van der Waals surface area contributed by atoms with Crippen molar-refractivity contribution in [1.82, 2.24) is 19.7 Å². The van der Waals surface area contributed by atoms with Gasteiger partial charge in [0.1, 0.15) is 12.3 Å². The Morgan fingerprint density at radius 1 is 1.15 bits per heavy atom. The molecule has 1 aliphatic heterocycles. The van der Waals surface area contributed by atoms with Gasteiger partial charge in [0.15, 0.2) is 0 Å². The summed E-state index contributed by atoms with van der Waals surface area (Å²) in [6.45, 7) is 0.708. The van der Waals surface area contributed by atoms with Crippen LogP contribution in [0.15, 0.2) is 42.7 Å². The fourth-order valence-electron chi connectivity index (χ4n) is 5.64. The molecule has 3 heterocycles. The van der Waals surface area contributed by atoms with E-state index in [-0.39, 0.29) is 24.0 Å². The Morgan fingerprint density at radius 3 is 2.62 bits per heavy atom. The fourth-order valence-corrected chi connectivity index (χ4v) is 5.86. The minimum Gasteiger partial charge on any atom is -0.385 e. The Balaban J connectivity index is 1.09. The summed E-state index contributed by atoms with van der Waals surface area (Å²) in [5.74, 6) is -1.06. The van der Waals surface area contributed by atoms with Crippen LogP contribution in [0.5, 0.6) is 0 Å². The number of carbonyl (C=O) groups excluding carboxylic acids is 4. The number of hydrogen-bond donors (Lipinski definition) is 2. The zero-order chi connectivity index (χ0) is 28.0. The molecule has 3 aromatic rings. The van der Waals surface area contributed by atoms with Crippen LogP contribution < -0.4 is 11.1 Å². The molecule has 3 N–H and O–H groups in total. The Labute approximate surface area is 235 Å². The average Bonchev–Trinajstić information content (AvgIpc) is 3.63. The predicted octanol–water partition coefficient (Wildman–Crippen LogP) is 3.97. The quantitative estimate of drug-likeness (QED) is 0.267. The highest BCUT2D eigenvalue weighted by Gasteiger charge is 2.42. The number of primary amides is 1. The van der Waals surface area contributed by atoms with Crippen molar-refractivity contribution in [1.29, 1.82) is 0 Å². The number of amides is 3. The molecule has 1 aromatic carbocycles. The van der Waals surface area contributed by atoms with Crippen molar-refractivity contribution < 1.29 is 19.2 Å². The lowest BCUT2D eigenvalue weighted by Crippen LogP contribution is -2.47. The summed E-state index contributed by atoms with van der Waals surface area (Å²) in [4.78, 5) is 54.0. The number of aromatic nitrogens is 3. The molecule has 1 atom stereocenters. The van der Waals surface area contributed by atoms with E-state index in [0.717, 1.165) is 53.2 Å². The molecule has 2 aromatic heterocycles. The monoisotopic (exact) mass is 560 g/mol. The van der Waals surface area contributed by atoms with Gasteiger partial charge in [0.05, 0.1) is 33.6 Å². The van der Waals surface area contributed by atoms with E-state index in [4.69, 9.17) is 22.4 Å². The van der Waals surface area contributed by atoms with E-state index in [1.165, 1.54) is 0 Å². The van der Waals surface area contributed by atoms with Crippen LogP contribution >= 0.6 is 11.6 Å². The highest BCUT2D eigenvalue weighted by atomic mass is 35.5. The third kappa shape index (κ3) is 4.77. The number of pyridine rings is 1. The third-order valence-corrected chi connectivity index (χ3v) is 8.34. The van der Waals surface area contributed by atoms with Gasteiger partial charge in [-0.15, -0.1) is 0 Å². The fraction of sp³-hybridized carbons (Fsp3) is 0.379. The molecule has 0 radical (unpaired) electrons. The van der Waals surface area contributed by atoms with Crippen molar-refractivity contribution in [2.24, 2.45) is 11.7 Å². The van der Waals surface area contributed by atoms with Crippen LogP contribution in [0, 0.1) is 5.92 Å². The van der Waals surface area contributed by atoms with E-state index in [2.05, 4.69) is 21.2 Å². The number of fused-ring (bicyclic) bond motifs is 1. The smallest absolute Gasteiger partial charge is 0.262 e. The molecule has 10 nitrogen and oxygen atoms in total. The van der Waals surface area contributed by atoms with Gasteiger partial charge in [0.25, 0.3) is 11.8 Å². The second-order valence-corrected chi connectivity index (χ2v) is 11.2. The molecule has 40 heavy (non-hydrogen) atoms. The van der Waals surface area contributed by atoms with E-state index in [1.54, 1.807) is 24.4 Å². The number of benzene rings is 1. The van der Waals surface area contributed by atoms with Gasteiger partial charge in [-0.3, -0.25) is 28.9 Å². The normalized spacial score (nSPS) is 20.7. The first kappa shape index (κ1) is 26.2. The number of halogens is 1. The maximum Gasteiger partial charge on any atom is 0.262 e. The van der Waals surface area contributed by atoms with Crippen LogP contribution in [0.2, 0.25) is 5.02 Å². The first-order valence-corrected chi connectivity index (χ1v) is 13.9. The molecule has 6 rings (SSSR count). The van der Waals surface area contributed by atoms with Gasteiger partial charge >= 0.3 is 0 Å². The van der Waals surface area contributed by atoms with E-state index in [9.17, 15) is 19.2 Å². The molecule has 2 aliphatic carbocycles. The molecule has 2 saturated carbocycles. The van der Waals surface area contributed by atoms with Crippen LogP contribution in [0.25, 0.3) is 11.3 Å². The maximum absolute atomic E-state index is 13.0.